The van der Waals surface area contributed by atoms with Gasteiger partial charge in [0.05, 0.1) is 27.9 Å². The third-order valence-corrected chi connectivity index (χ3v) is 4.60. The molecule has 0 saturated heterocycles. The number of carbonyl (C=O) groups is 2. The fourth-order valence-electron chi connectivity index (χ4n) is 2.20. The summed E-state index contributed by atoms with van der Waals surface area (Å²) in [7, 11) is 0. The second-order valence-corrected chi connectivity index (χ2v) is 6.93. The van der Waals surface area contributed by atoms with Gasteiger partial charge >= 0.3 is 0 Å². The van der Waals surface area contributed by atoms with Crippen LogP contribution in [-0.4, -0.2) is 36.3 Å². The van der Waals surface area contributed by atoms with Crippen LogP contribution in [0.5, 0.6) is 11.5 Å². The Morgan fingerprint density at radius 2 is 1.90 bits per heavy atom. The number of benzene rings is 2. The normalized spacial score (nSPS) is 10.8. The van der Waals surface area contributed by atoms with E-state index in [1.54, 1.807) is 6.92 Å². The molecule has 2 aromatic rings. The Labute approximate surface area is 182 Å². The number of rotatable bonds is 8. The van der Waals surface area contributed by atoms with Crippen LogP contribution in [0.15, 0.2) is 35.4 Å². The summed E-state index contributed by atoms with van der Waals surface area (Å²) in [6.07, 6.45) is 1.38. The molecule has 0 fully saturated rings. The lowest BCUT2D eigenvalue weighted by molar-refractivity contribution is -0.120. The van der Waals surface area contributed by atoms with Gasteiger partial charge < -0.3 is 15.2 Å². The Kier molecular flexibility index (Phi) is 8.57. The number of hydrogen-bond acceptors (Lipinski definition) is 5. The molecule has 7 nitrogen and oxygen atoms in total. The molecule has 0 atom stereocenters. The summed E-state index contributed by atoms with van der Waals surface area (Å²) >= 11 is 17.6. The minimum absolute atomic E-state index is 0.0188. The van der Waals surface area contributed by atoms with Crippen molar-refractivity contribution < 1.29 is 19.4 Å². The first kappa shape index (κ1) is 22.8. The molecule has 2 amide bonds. The molecule has 0 aliphatic carbocycles. The molecule has 0 heterocycles. The van der Waals surface area contributed by atoms with Crippen LogP contribution >= 0.6 is 34.8 Å². The first-order valence-electron chi connectivity index (χ1n) is 8.52. The molecule has 0 saturated carbocycles. The number of hydrazone groups is 1. The number of aromatic hydroxyl groups is 1. The zero-order valence-electron chi connectivity index (χ0n) is 15.3. The Balaban J connectivity index is 1.82. The van der Waals surface area contributed by atoms with Gasteiger partial charge in [0.1, 0.15) is 0 Å². The predicted octanol–water partition coefficient (Wildman–Crippen LogP) is 4.02. The lowest BCUT2D eigenvalue weighted by atomic mass is 10.2. The first-order chi connectivity index (χ1) is 13.8. The predicted molar refractivity (Wildman–Crippen MR) is 113 cm³/mol. The molecule has 2 rings (SSSR count). The fourth-order valence-corrected chi connectivity index (χ4v) is 2.71. The minimum atomic E-state index is -0.398. The third-order valence-electron chi connectivity index (χ3n) is 3.57. The molecular formula is C19H18Cl3N3O4. The fraction of sp³-hybridized carbons (Fsp3) is 0.211. The van der Waals surface area contributed by atoms with Crippen molar-refractivity contribution in [2.24, 2.45) is 5.10 Å². The van der Waals surface area contributed by atoms with Crippen molar-refractivity contribution in [1.29, 1.82) is 0 Å². The number of amides is 2. The highest BCUT2D eigenvalue weighted by molar-refractivity contribution is 6.42. The number of phenolic OH excluding ortho intramolecular Hbond substituents is 1. The summed E-state index contributed by atoms with van der Waals surface area (Å²) in [4.78, 5) is 23.8. The van der Waals surface area contributed by atoms with E-state index in [0.29, 0.717) is 22.8 Å². The highest BCUT2D eigenvalue weighted by Crippen LogP contribution is 2.34. The molecule has 0 aliphatic heterocycles. The number of nitrogens with one attached hydrogen (secondary N) is 2. The number of phenols is 1. The quantitative estimate of drug-likeness (QED) is 0.411. The number of hydrogen-bond donors (Lipinski definition) is 3. The molecule has 2 aromatic carbocycles. The van der Waals surface area contributed by atoms with Crippen LogP contribution in [0.4, 0.5) is 0 Å². The van der Waals surface area contributed by atoms with Crippen LogP contribution in [0, 0.1) is 0 Å². The molecule has 0 aromatic heterocycles. The van der Waals surface area contributed by atoms with Crippen LogP contribution in [-0.2, 0) is 4.79 Å². The Morgan fingerprint density at radius 1 is 1.14 bits per heavy atom. The second kappa shape index (κ2) is 10.9. The number of carbonyl (C=O) groups excluding carboxylic acids is 2. The second-order valence-electron chi connectivity index (χ2n) is 5.71. The van der Waals surface area contributed by atoms with Crippen molar-refractivity contribution in [1.82, 2.24) is 10.7 Å². The van der Waals surface area contributed by atoms with Gasteiger partial charge in [0.15, 0.2) is 11.5 Å². The monoisotopic (exact) mass is 457 g/mol. The summed E-state index contributed by atoms with van der Waals surface area (Å²) in [5.74, 6) is -0.710. The summed E-state index contributed by atoms with van der Waals surface area (Å²) in [6, 6.07) is 7.52. The van der Waals surface area contributed by atoms with Gasteiger partial charge in [0.2, 0.25) is 5.91 Å². The number of nitrogens with zero attached hydrogens (tertiary/aromatic N) is 1. The standard InChI is InChI=1S/C19H18Cl3N3O4/c1-2-29-16-8-11(7-15(22)18(16)27)10-24-25-17(26)5-6-23-19(28)12-3-4-13(20)14(21)9-12/h3-4,7-10,27H,2,5-6H2,1H3,(H,23,28)(H,25,26)/b24-10+. The van der Waals surface area contributed by atoms with Gasteiger partial charge in [-0.2, -0.15) is 5.10 Å². The zero-order chi connectivity index (χ0) is 21.4. The molecule has 10 heteroatoms. The minimum Gasteiger partial charge on any atom is -0.503 e. The Morgan fingerprint density at radius 3 is 2.59 bits per heavy atom. The topological polar surface area (TPSA) is 100 Å². The van der Waals surface area contributed by atoms with Crippen LogP contribution < -0.4 is 15.5 Å². The summed E-state index contributed by atoms with van der Waals surface area (Å²) < 4.78 is 5.27. The number of ether oxygens (including phenoxy) is 1. The lowest BCUT2D eigenvalue weighted by Gasteiger charge is -2.08. The molecule has 0 spiro atoms. The molecule has 0 unspecified atom stereocenters. The van der Waals surface area contributed by atoms with Crippen molar-refractivity contribution in [2.75, 3.05) is 13.2 Å². The number of halogens is 3. The molecule has 0 aliphatic rings. The Hall–Kier alpha value is -2.48. The molecule has 29 heavy (non-hydrogen) atoms. The van der Waals surface area contributed by atoms with E-state index in [1.807, 2.05) is 0 Å². The largest absolute Gasteiger partial charge is 0.503 e. The smallest absolute Gasteiger partial charge is 0.251 e. The van der Waals surface area contributed by atoms with Gasteiger partial charge in [-0.1, -0.05) is 34.8 Å². The Bertz CT molecular complexity index is 935. The average Bonchev–Trinajstić information content (AvgIpc) is 2.68. The van der Waals surface area contributed by atoms with Crippen LogP contribution in [0.2, 0.25) is 15.1 Å². The van der Waals surface area contributed by atoms with Crippen LogP contribution in [0.1, 0.15) is 29.3 Å². The van der Waals surface area contributed by atoms with Gasteiger partial charge in [0.25, 0.3) is 5.91 Å². The molecule has 0 radical (unpaired) electrons. The summed E-state index contributed by atoms with van der Waals surface area (Å²) in [5, 5.41) is 17.0. The first-order valence-corrected chi connectivity index (χ1v) is 9.65. The molecule has 154 valence electrons. The highest BCUT2D eigenvalue weighted by atomic mass is 35.5. The highest BCUT2D eigenvalue weighted by Gasteiger charge is 2.10. The molecule has 0 bridgehead atoms. The van der Waals surface area contributed by atoms with Crippen LogP contribution in [0.3, 0.4) is 0 Å². The van der Waals surface area contributed by atoms with Crippen molar-refractivity contribution in [3.63, 3.8) is 0 Å². The van der Waals surface area contributed by atoms with E-state index in [2.05, 4.69) is 15.8 Å². The van der Waals surface area contributed by atoms with E-state index in [9.17, 15) is 14.7 Å². The van der Waals surface area contributed by atoms with E-state index in [1.165, 1.54) is 36.5 Å². The van der Waals surface area contributed by atoms with Gasteiger partial charge in [-0.25, -0.2) is 5.43 Å². The maximum absolute atomic E-state index is 12.0. The average molecular weight is 459 g/mol. The third kappa shape index (κ3) is 6.81. The van der Waals surface area contributed by atoms with E-state index >= 15 is 0 Å². The van der Waals surface area contributed by atoms with Crippen molar-refractivity contribution in [2.45, 2.75) is 13.3 Å². The zero-order valence-corrected chi connectivity index (χ0v) is 17.6. The maximum Gasteiger partial charge on any atom is 0.251 e. The van der Waals surface area contributed by atoms with Gasteiger partial charge in [-0.15, -0.1) is 0 Å². The van der Waals surface area contributed by atoms with Crippen molar-refractivity contribution in [3.8, 4) is 11.5 Å². The molecule has 3 N–H and O–H groups in total. The maximum atomic E-state index is 12.0. The van der Waals surface area contributed by atoms with E-state index in [0.717, 1.165) is 0 Å². The van der Waals surface area contributed by atoms with E-state index < -0.39 is 5.91 Å². The molecular weight excluding hydrogens is 441 g/mol. The summed E-state index contributed by atoms with van der Waals surface area (Å²) in [6.45, 7) is 2.24. The van der Waals surface area contributed by atoms with Crippen molar-refractivity contribution >= 4 is 52.8 Å². The van der Waals surface area contributed by atoms with Crippen LogP contribution in [0.25, 0.3) is 0 Å². The van der Waals surface area contributed by atoms with Gasteiger partial charge in [-0.05, 0) is 42.8 Å². The van der Waals surface area contributed by atoms with Gasteiger partial charge in [-0.3, -0.25) is 9.59 Å². The SMILES string of the molecule is CCOc1cc(/C=N/NC(=O)CCNC(=O)c2ccc(Cl)c(Cl)c2)cc(Cl)c1O. The lowest BCUT2D eigenvalue weighted by Crippen LogP contribution is -2.29. The van der Waals surface area contributed by atoms with E-state index in [-0.39, 0.29) is 40.4 Å². The van der Waals surface area contributed by atoms with Gasteiger partial charge in [0, 0.05) is 18.5 Å². The van der Waals surface area contributed by atoms with E-state index in [4.69, 9.17) is 39.5 Å². The van der Waals surface area contributed by atoms with Crippen molar-refractivity contribution in [3.05, 3.63) is 56.5 Å². The summed E-state index contributed by atoms with van der Waals surface area (Å²) in [5.41, 5.74) is 3.21.